The average molecular weight is 524 g/mol. The van der Waals surface area contributed by atoms with Crippen LogP contribution in [0.1, 0.15) is 24.1 Å². The number of hydrogen-bond donors (Lipinski definition) is 1. The molecule has 3 rings (SSSR count). The van der Waals surface area contributed by atoms with Gasteiger partial charge >= 0.3 is 0 Å². The standard InChI is InChI=1S/C24H24Cl2N2O3S2/c1-17(18-7-11-21(32-2)12-8-18)27-24(29)16-28(15-19-5-3-4-6-23(19)26)33(30,31)22-13-9-20(25)10-14-22/h3-14,17H,15-16H2,1-2H3,(H,27,29). The summed E-state index contributed by atoms with van der Waals surface area (Å²) in [5.41, 5.74) is 1.53. The maximum Gasteiger partial charge on any atom is 0.243 e. The highest BCUT2D eigenvalue weighted by molar-refractivity contribution is 7.98. The molecule has 0 saturated carbocycles. The fourth-order valence-corrected chi connectivity index (χ4v) is 5.33. The number of thioether (sulfide) groups is 1. The van der Waals surface area contributed by atoms with Crippen LogP contribution in [0.2, 0.25) is 10.0 Å². The number of nitrogens with one attached hydrogen (secondary N) is 1. The lowest BCUT2D eigenvalue weighted by atomic mass is 10.1. The van der Waals surface area contributed by atoms with Crippen molar-refractivity contribution >= 4 is 50.9 Å². The molecule has 0 bridgehead atoms. The van der Waals surface area contributed by atoms with Crippen LogP contribution in [-0.2, 0) is 21.4 Å². The lowest BCUT2D eigenvalue weighted by molar-refractivity contribution is -0.122. The highest BCUT2D eigenvalue weighted by Gasteiger charge is 2.28. The Morgan fingerprint density at radius 2 is 1.64 bits per heavy atom. The molecule has 1 amide bonds. The van der Waals surface area contributed by atoms with Crippen LogP contribution in [0.3, 0.4) is 0 Å². The number of benzene rings is 3. The predicted molar refractivity (Wildman–Crippen MR) is 135 cm³/mol. The smallest absolute Gasteiger partial charge is 0.243 e. The summed E-state index contributed by atoms with van der Waals surface area (Å²) in [4.78, 5) is 14.1. The highest BCUT2D eigenvalue weighted by atomic mass is 35.5. The average Bonchev–Trinajstić information content (AvgIpc) is 2.80. The topological polar surface area (TPSA) is 66.5 Å². The van der Waals surface area contributed by atoms with Gasteiger partial charge in [-0.05, 0) is 66.8 Å². The van der Waals surface area contributed by atoms with E-state index >= 15 is 0 Å². The van der Waals surface area contributed by atoms with Gasteiger partial charge in [-0.15, -0.1) is 11.8 Å². The molecule has 0 aliphatic rings. The van der Waals surface area contributed by atoms with Crippen molar-refractivity contribution in [2.45, 2.75) is 29.3 Å². The van der Waals surface area contributed by atoms with E-state index in [4.69, 9.17) is 23.2 Å². The molecule has 0 aromatic heterocycles. The third-order valence-electron chi connectivity index (χ3n) is 5.07. The summed E-state index contributed by atoms with van der Waals surface area (Å²) < 4.78 is 27.9. The van der Waals surface area contributed by atoms with Gasteiger partial charge in [-0.1, -0.05) is 53.5 Å². The number of sulfonamides is 1. The molecule has 0 aliphatic heterocycles. The molecule has 0 fully saturated rings. The van der Waals surface area contributed by atoms with E-state index in [0.717, 1.165) is 14.8 Å². The molecule has 33 heavy (non-hydrogen) atoms. The van der Waals surface area contributed by atoms with E-state index in [1.165, 1.54) is 24.3 Å². The second kappa shape index (κ2) is 11.4. The Labute approximate surface area is 209 Å². The van der Waals surface area contributed by atoms with Gasteiger partial charge in [0.05, 0.1) is 17.5 Å². The van der Waals surface area contributed by atoms with Crippen LogP contribution in [0.4, 0.5) is 0 Å². The van der Waals surface area contributed by atoms with E-state index in [9.17, 15) is 13.2 Å². The molecule has 9 heteroatoms. The Hall–Kier alpha value is -2.03. The largest absolute Gasteiger partial charge is 0.348 e. The van der Waals surface area contributed by atoms with Gasteiger partial charge in [0.1, 0.15) is 0 Å². The van der Waals surface area contributed by atoms with Crippen molar-refractivity contribution in [1.29, 1.82) is 0 Å². The fraction of sp³-hybridized carbons (Fsp3) is 0.208. The predicted octanol–water partition coefficient (Wildman–Crippen LogP) is 5.78. The summed E-state index contributed by atoms with van der Waals surface area (Å²) in [6.45, 7) is 1.45. The zero-order valence-electron chi connectivity index (χ0n) is 18.2. The lowest BCUT2D eigenvalue weighted by Crippen LogP contribution is -2.41. The Morgan fingerprint density at radius 3 is 2.24 bits per heavy atom. The molecule has 0 saturated heterocycles. The van der Waals surface area contributed by atoms with Crippen molar-refractivity contribution in [3.63, 3.8) is 0 Å². The van der Waals surface area contributed by atoms with Gasteiger partial charge in [0.15, 0.2) is 0 Å². The van der Waals surface area contributed by atoms with E-state index in [2.05, 4.69) is 5.32 Å². The first kappa shape index (κ1) is 25.6. The molecule has 3 aromatic carbocycles. The number of hydrogen-bond acceptors (Lipinski definition) is 4. The van der Waals surface area contributed by atoms with E-state index in [1.807, 2.05) is 37.4 Å². The minimum Gasteiger partial charge on any atom is -0.348 e. The molecule has 1 atom stereocenters. The number of halogens is 2. The van der Waals surface area contributed by atoms with Gasteiger partial charge in [-0.25, -0.2) is 8.42 Å². The van der Waals surface area contributed by atoms with Crippen LogP contribution in [0.5, 0.6) is 0 Å². The van der Waals surface area contributed by atoms with Gasteiger partial charge < -0.3 is 5.32 Å². The quantitative estimate of drug-likeness (QED) is 0.361. The van der Waals surface area contributed by atoms with Crippen molar-refractivity contribution in [2.75, 3.05) is 12.8 Å². The second-order valence-electron chi connectivity index (χ2n) is 7.38. The highest BCUT2D eigenvalue weighted by Crippen LogP contribution is 2.24. The summed E-state index contributed by atoms with van der Waals surface area (Å²) in [7, 11) is -3.98. The Bertz CT molecular complexity index is 1200. The summed E-state index contributed by atoms with van der Waals surface area (Å²) in [5.74, 6) is -0.416. The molecule has 3 aromatic rings. The first-order valence-corrected chi connectivity index (χ1v) is 13.5. The first-order chi connectivity index (χ1) is 15.7. The van der Waals surface area contributed by atoms with Crippen molar-refractivity contribution in [1.82, 2.24) is 9.62 Å². The van der Waals surface area contributed by atoms with E-state index in [1.54, 1.807) is 36.0 Å². The first-order valence-electron chi connectivity index (χ1n) is 10.1. The minimum atomic E-state index is -3.98. The van der Waals surface area contributed by atoms with Gasteiger partial charge in [-0.2, -0.15) is 4.31 Å². The number of nitrogens with zero attached hydrogens (tertiary/aromatic N) is 1. The van der Waals surface area contributed by atoms with Crippen LogP contribution in [-0.4, -0.2) is 31.4 Å². The summed E-state index contributed by atoms with van der Waals surface area (Å²) in [6, 6.07) is 20.4. The van der Waals surface area contributed by atoms with Crippen LogP contribution in [0.15, 0.2) is 82.6 Å². The van der Waals surface area contributed by atoms with E-state index in [-0.39, 0.29) is 24.0 Å². The molecule has 0 spiro atoms. The van der Waals surface area contributed by atoms with Crippen LogP contribution >= 0.6 is 35.0 Å². The molecule has 174 valence electrons. The maximum atomic E-state index is 13.4. The molecule has 1 unspecified atom stereocenters. The summed E-state index contributed by atoms with van der Waals surface area (Å²) >= 11 is 13.8. The Balaban J connectivity index is 1.83. The number of carbonyl (C=O) groups is 1. The monoisotopic (exact) mass is 522 g/mol. The number of carbonyl (C=O) groups excluding carboxylic acids is 1. The second-order valence-corrected chi connectivity index (χ2v) is 11.0. The minimum absolute atomic E-state index is 0.0468. The van der Waals surface area contributed by atoms with Gasteiger partial charge in [-0.3, -0.25) is 4.79 Å². The molecular weight excluding hydrogens is 499 g/mol. The SMILES string of the molecule is CSc1ccc(C(C)NC(=O)CN(Cc2ccccc2Cl)S(=O)(=O)c2ccc(Cl)cc2)cc1. The van der Waals surface area contributed by atoms with Crippen molar-refractivity contribution in [3.05, 3.63) is 94.0 Å². The van der Waals surface area contributed by atoms with E-state index in [0.29, 0.717) is 15.6 Å². The zero-order chi connectivity index (χ0) is 24.0. The molecule has 0 aliphatic carbocycles. The van der Waals surface area contributed by atoms with Crippen LogP contribution < -0.4 is 5.32 Å². The maximum absolute atomic E-state index is 13.4. The van der Waals surface area contributed by atoms with Crippen molar-refractivity contribution < 1.29 is 13.2 Å². The molecular formula is C24H24Cl2N2O3S2. The molecule has 1 N–H and O–H groups in total. The van der Waals surface area contributed by atoms with Gasteiger partial charge in [0.25, 0.3) is 0 Å². The van der Waals surface area contributed by atoms with Crippen LogP contribution in [0.25, 0.3) is 0 Å². The van der Waals surface area contributed by atoms with Crippen molar-refractivity contribution in [2.24, 2.45) is 0 Å². The molecule has 0 radical (unpaired) electrons. The lowest BCUT2D eigenvalue weighted by Gasteiger charge is -2.24. The summed E-state index contributed by atoms with van der Waals surface area (Å²) in [6.07, 6.45) is 1.99. The third kappa shape index (κ3) is 6.74. The normalized spacial score (nSPS) is 12.5. The van der Waals surface area contributed by atoms with Crippen LogP contribution in [0, 0.1) is 0 Å². The van der Waals surface area contributed by atoms with Crippen molar-refractivity contribution in [3.8, 4) is 0 Å². The summed E-state index contributed by atoms with van der Waals surface area (Å²) in [5, 5.41) is 3.74. The fourth-order valence-electron chi connectivity index (χ4n) is 3.22. The van der Waals surface area contributed by atoms with E-state index < -0.39 is 15.9 Å². The Kier molecular flexibility index (Phi) is 8.84. The zero-order valence-corrected chi connectivity index (χ0v) is 21.3. The molecule has 0 heterocycles. The Morgan fingerprint density at radius 1 is 1.00 bits per heavy atom. The van der Waals surface area contributed by atoms with Gasteiger partial charge in [0, 0.05) is 21.5 Å². The third-order valence-corrected chi connectivity index (χ3v) is 8.24. The number of rotatable bonds is 9. The molecule has 5 nitrogen and oxygen atoms in total. The van der Waals surface area contributed by atoms with Gasteiger partial charge in [0.2, 0.25) is 15.9 Å². The number of amides is 1.